The van der Waals surface area contributed by atoms with Crippen molar-refractivity contribution in [2.24, 2.45) is 0 Å². The zero-order chi connectivity index (χ0) is 13.8. The van der Waals surface area contributed by atoms with Crippen molar-refractivity contribution in [3.63, 3.8) is 0 Å². The Morgan fingerprint density at radius 2 is 2.11 bits per heavy atom. The lowest BCUT2D eigenvalue weighted by Crippen LogP contribution is -2.16. The predicted molar refractivity (Wildman–Crippen MR) is 80.0 cm³/mol. The molecular weight excluding hydrogens is 256 g/mol. The lowest BCUT2D eigenvalue weighted by Gasteiger charge is -2.17. The fourth-order valence-electron chi connectivity index (χ4n) is 2.02. The van der Waals surface area contributed by atoms with Crippen LogP contribution in [0, 0.1) is 6.92 Å². The molecular formula is C15H20N2OS. The molecule has 0 spiro atoms. The first-order valence-corrected chi connectivity index (χ1v) is 7.28. The van der Waals surface area contributed by atoms with E-state index in [1.807, 2.05) is 46.1 Å². The molecule has 1 unspecified atom stereocenters. The van der Waals surface area contributed by atoms with Crippen molar-refractivity contribution in [3.05, 3.63) is 45.9 Å². The zero-order valence-electron chi connectivity index (χ0n) is 11.8. The lowest BCUT2D eigenvalue weighted by atomic mass is 10.1. The highest BCUT2D eigenvalue weighted by Gasteiger charge is 2.15. The van der Waals surface area contributed by atoms with Gasteiger partial charge in [-0.1, -0.05) is 12.1 Å². The second-order valence-corrected chi connectivity index (χ2v) is 6.01. The van der Waals surface area contributed by atoms with Gasteiger partial charge in [-0.15, -0.1) is 11.3 Å². The van der Waals surface area contributed by atoms with Gasteiger partial charge in [0.1, 0.15) is 5.75 Å². The van der Waals surface area contributed by atoms with Crippen LogP contribution in [0.25, 0.3) is 0 Å². The van der Waals surface area contributed by atoms with Crippen molar-refractivity contribution >= 4 is 11.3 Å². The van der Waals surface area contributed by atoms with Crippen LogP contribution in [0.1, 0.15) is 35.3 Å². The minimum atomic E-state index is 0.168. The van der Waals surface area contributed by atoms with Gasteiger partial charge >= 0.3 is 0 Å². The number of ether oxygens (including phenoxy) is 1. The number of hydrogen-bond donors (Lipinski definition) is 1. The molecule has 1 atom stereocenters. The first-order valence-electron chi connectivity index (χ1n) is 6.46. The van der Waals surface area contributed by atoms with Crippen molar-refractivity contribution < 1.29 is 4.74 Å². The second kappa shape index (κ2) is 6.17. The molecule has 1 N–H and O–H groups in total. The number of thiazole rings is 1. The summed E-state index contributed by atoms with van der Waals surface area (Å²) in [6.07, 6.45) is 2.13. The van der Waals surface area contributed by atoms with Crippen molar-refractivity contribution in [1.29, 1.82) is 0 Å². The molecule has 0 saturated heterocycles. The first kappa shape index (κ1) is 14.0. The third-order valence-corrected chi connectivity index (χ3v) is 3.75. The van der Waals surface area contributed by atoms with E-state index in [-0.39, 0.29) is 12.1 Å². The molecule has 0 amide bonds. The molecule has 0 bridgehead atoms. The Kier molecular flexibility index (Phi) is 4.56. The predicted octanol–water partition coefficient (Wildman–Crippen LogP) is 3.55. The Hall–Kier alpha value is -1.39. The highest BCUT2D eigenvalue weighted by molar-refractivity contribution is 7.11. The molecule has 0 aliphatic rings. The standard InChI is InChI=1S/C15H20N2OS/c1-10(2)18-13-7-5-6-12(8-13)15(16-4)14-9-17-11(3)19-14/h5-10,15-16H,1-4H3. The fraction of sp³-hybridized carbons (Fsp3) is 0.400. The molecule has 2 rings (SSSR count). The van der Waals surface area contributed by atoms with E-state index in [9.17, 15) is 0 Å². The molecule has 3 nitrogen and oxygen atoms in total. The number of aromatic nitrogens is 1. The summed E-state index contributed by atoms with van der Waals surface area (Å²) >= 11 is 1.72. The normalized spacial score (nSPS) is 12.7. The van der Waals surface area contributed by atoms with E-state index in [0.717, 1.165) is 10.8 Å². The minimum absolute atomic E-state index is 0.168. The monoisotopic (exact) mass is 276 g/mol. The van der Waals surface area contributed by atoms with E-state index in [0.29, 0.717) is 0 Å². The zero-order valence-corrected chi connectivity index (χ0v) is 12.6. The van der Waals surface area contributed by atoms with Gasteiger partial charge in [0, 0.05) is 11.1 Å². The second-order valence-electron chi connectivity index (χ2n) is 4.74. The maximum Gasteiger partial charge on any atom is 0.120 e. The van der Waals surface area contributed by atoms with E-state index in [1.54, 1.807) is 11.3 Å². The van der Waals surface area contributed by atoms with Crippen LogP contribution in [0.3, 0.4) is 0 Å². The summed E-state index contributed by atoms with van der Waals surface area (Å²) in [6.45, 7) is 6.10. The van der Waals surface area contributed by atoms with E-state index >= 15 is 0 Å². The minimum Gasteiger partial charge on any atom is -0.491 e. The largest absolute Gasteiger partial charge is 0.491 e. The van der Waals surface area contributed by atoms with E-state index in [1.165, 1.54) is 10.4 Å². The number of nitrogens with zero attached hydrogens (tertiary/aromatic N) is 1. The van der Waals surface area contributed by atoms with Gasteiger partial charge in [0.2, 0.25) is 0 Å². The summed E-state index contributed by atoms with van der Waals surface area (Å²) < 4.78 is 5.75. The highest BCUT2D eigenvalue weighted by atomic mass is 32.1. The Labute approximate surface area is 118 Å². The average Bonchev–Trinajstić information content (AvgIpc) is 2.76. The number of aryl methyl sites for hydroxylation is 1. The molecule has 19 heavy (non-hydrogen) atoms. The summed E-state index contributed by atoms with van der Waals surface area (Å²) in [6, 6.07) is 8.40. The molecule has 0 radical (unpaired) electrons. The molecule has 2 aromatic rings. The number of hydrogen-bond acceptors (Lipinski definition) is 4. The SMILES string of the molecule is CNC(c1cccc(OC(C)C)c1)c1cnc(C)s1. The number of rotatable bonds is 5. The maximum atomic E-state index is 5.75. The summed E-state index contributed by atoms with van der Waals surface area (Å²) in [7, 11) is 1.97. The van der Waals surface area contributed by atoms with Gasteiger partial charge in [-0.25, -0.2) is 4.98 Å². The molecule has 0 aliphatic heterocycles. The van der Waals surface area contributed by atoms with Crippen LogP contribution >= 0.6 is 11.3 Å². The molecule has 1 heterocycles. The van der Waals surface area contributed by atoms with E-state index in [2.05, 4.69) is 22.4 Å². The fourth-order valence-corrected chi connectivity index (χ4v) is 2.95. The van der Waals surface area contributed by atoms with Crippen LogP contribution in [0.4, 0.5) is 0 Å². The van der Waals surface area contributed by atoms with Crippen LogP contribution in [0.2, 0.25) is 0 Å². The summed E-state index contributed by atoms with van der Waals surface area (Å²) in [5.74, 6) is 0.911. The van der Waals surface area contributed by atoms with Gasteiger partial charge in [0.25, 0.3) is 0 Å². The average molecular weight is 276 g/mol. The molecule has 0 saturated carbocycles. The van der Waals surface area contributed by atoms with Gasteiger partial charge in [-0.3, -0.25) is 0 Å². The van der Waals surface area contributed by atoms with Crippen molar-refractivity contribution in [1.82, 2.24) is 10.3 Å². The number of nitrogens with one attached hydrogen (secondary N) is 1. The topological polar surface area (TPSA) is 34.1 Å². The lowest BCUT2D eigenvalue weighted by molar-refractivity contribution is 0.242. The van der Waals surface area contributed by atoms with E-state index < -0.39 is 0 Å². The van der Waals surface area contributed by atoms with Gasteiger partial charge in [-0.05, 0) is 45.5 Å². The van der Waals surface area contributed by atoms with Gasteiger partial charge in [0.15, 0.2) is 0 Å². The van der Waals surface area contributed by atoms with Crippen molar-refractivity contribution in [2.45, 2.75) is 32.9 Å². The molecule has 1 aromatic carbocycles. The Morgan fingerprint density at radius 3 is 2.68 bits per heavy atom. The Bertz CT molecular complexity index is 536. The van der Waals surface area contributed by atoms with Crippen LogP contribution < -0.4 is 10.1 Å². The van der Waals surface area contributed by atoms with Gasteiger partial charge in [0.05, 0.1) is 17.2 Å². The third kappa shape index (κ3) is 3.55. The smallest absolute Gasteiger partial charge is 0.120 e. The molecule has 1 aromatic heterocycles. The Morgan fingerprint density at radius 1 is 1.32 bits per heavy atom. The van der Waals surface area contributed by atoms with Gasteiger partial charge in [-0.2, -0.15) is 0 Å². The summed E-state index contributed by atoms with van der Waals surface area (Å²) in [5, 5.41) is 4.43. The summed E-state index contributed by atoms with van der Waals surface area (Å²) in [5.41, 5.74) is 1.20. The van der Waals surface area contributed by atoms with E-state index in [4.69, 9.17) is 4.74 Å². The van der Waals surface area contributed by atoms with Crippen molar-refractivity contribution in [3.8, 4) is 5.75 Å². The third-order valence-electron chi connectivity index (χ3n) is 2.78. The van der Waals surface area contributed by atoms with Crippen LogP contribution in [-0.2, 0) is 0 Å². The van der Waals surface area contributed by atoms with Crippen LogP contribution in [-0.4, -0.2) is 18.1 Å². The van der Waals surface area contributed by atoms with Gasteiger partial charge < -0.3 is 10.1 Å². The Balaban J connectivity index is 2.28. The quantitative estimate of drug-likeness (QED) is 0.907. The number of benzene rings is 1. The molecule has 4 heteroatoms. The van der Waals surface area contributed by atoms with Crippen LogP contribution in [0.15, 0.2) is 30.5 Å². The molecule has 0 fully saturated rings. The maximum absolute atomic E-state index is 5.75. The van der Waals surface area contributed by atoms with Crippen LogP contribution in [0.5, 0.6) is 5.75 Å². The first-order chi connectivity index (χ1) is 9.10. The van der Waals surface area contributed by atoms with Crippen molar-refractivity contribution in [2.75, 3.05) is 7.05 Å². The summed E-state index contributed by atoms with van der Waals surface area (Å²) in [4.78, 5) is 5.55. The highest BCUT2D eigenvalue weighted by Crippen LogP contribution is 2.28. The molecule has 102 valence electrons. The molecule has 0 aliphatic carbocycles.